The molecule has 0 aromatic carbocycles. The van der Waals surface area contributed by atoms with Gasteiger partial charge in [-0.15, -0.1) is 0 Å². The summed E-state index contributed by atoms with van der Waals surface area (Å²) in [6.45, 7) is 11.9. The summed E-state index contributed by atoms with van der Waals surface area (Å²) in [5.41, 5.74) is 2.16. The van der Waals surface area contributed by atoms with Gasteiger partial charge in [0.25, 0.3) is 0 Å². The van der Waals surface area contributed by atoms with Crippen molar-refractivity contribution in [3.63, 3.8) is 0 Å². The Morgan fingerprint density at radius 1 is 1.00 bits per heavy atom. The number of hydrogen-bond acceptors (Lipinski definition) is 2. The molecule has 164 valence electrons. The first kappa shape index (κ1) is 21.6. The van der Waals surface area contributed by atoms with Gasteiger partial charge < -0.3 is 5.11 Å². The highest BCUT2D eigenvalue weighted by Gasteiger charge is 2.59. The van der Waals surface area contributed by atoms with E-state index < -0.39 is 0 Å². The van der Waals surface area contributed by atoms with E-state index in [9.17, 15) is 9.90 Å². The number of hydrogen-bond donors (Lipinski definition) is 1. The van der Waals surface area contributed by atoms with Crippen molar-refractivity contribution in [2.45, 2.75) is 105 Å². The minimum Gasteiger partial charge on any atom is -0.393 e. The molecule has 3 fully saturated rings. The summed E-state index contributed by atoms with van der Waals surface area (Å²) < 4.78 is 0. The van der Waals surface area contributed by atoms with Crippen LogP contribution >= 0.6 is 0 Å². The molecule has 0 saturated heterocycles. The third-order valence-corrected chi connectivity index (χ3v) is 10.3. The molecule has 4 rings (SSSR count). The summed E-state index contributed by atoms with van der Waals surface area (Å²) in [5, 5.41) is 10.9. The zero-order valence-electron chi connectivity index (χ0n) is 19.5. The summed E-state index contributed by atoms with van der Waals surface area (Å²) >= 11 is 0. The Morgan fingerprint density at radius 2 is 1.76 bits per heavy atom. The van der Waals surface area contributed by atoms with Crippen molar-refractivity contribution in [3.05, 3.63) is 11.6 Å². The summed E-state index contributed by atoms with van der Waals surface area (Å²) in [5.74, 6) is 4.55. The molecule has 2 heteroatoms. The van der Waals surface area contributed by atoms with E-state index in [-0.39, 0.29) is 11.5 Å². The Morgan fingerprint density at radius 3 is 2.48 bits per heavy atom. The van der Waals surface area contributed by atoms with Gasteiger partial charge in [0, 0.05) is 6.42 Å². The molecule has 29 heavy (non-hydrogen) atoms. The number of fused-ring (bicyclic) bond motifs is 5. The van der Waals surface area contributed by atoms with Gasteiger partial charge in [0.1, 0.15) is 0 Å². The fourth-order valence-electron chi connectivity index (χ4n) is 8.50. The first-order valence-corrected chi connectivity index (χ1v) is 12.6. The van der Waals surface area contributed by atoms with E-state index in [0.29, 0.717) is 29.0 Å². The van der Waals surface area contributed by atoms with Gasteiger partial charge in [0.2, 0.25) is 0 Å². The Bertz CT molecular complexity index is 663. The number of carbonyl (C=O) groups excluding carboxylic acids is 1. The summed E-state index contributed by atoms with van der Waals surface area (Å²) in [6, 6.07) is 0. The fourth-order valence-corrected chi connectivity index (χ4v) is 8.50. The minimum absolute atomic E-state index is 0.140. The van der Waals surface area contributed by atoms with Gasteiger partial charge in [-0.2, -0.15) is 0 Å². The quantitative estimate of drug-likeness (QED) is 0.567. The third kappa shape index (κ3) is 3.56. The van der Waals surface area contributed by atoms with Gasteiger partial charge in [0.05, 0.1) is 6.10 Å². The van der Waals surface area contributed by atoms with Crippen molar-refractivity contribution >= 4 is 5.78 Å². The average Bonchev–Trinajstić information content (AvgIpc) is 3.03. The van der Waals surface area contributed by atoms with Crippen molar-refractivity contribution in [1.82, 2.24) is 0 Å². The predicted molar refractivity (Wildman–Crippen MR) is 119 cm³/mol. The SMILES string of the molecule is CC(C)CCC(O)[C@@H](C)C1CCC2C3CCC4=CC(=O)CCC4(C)C3CC[C@@]21C. The van der Waals surface area contributed by atoms with E-state index in [1.54, 1.807) is 0 Å². The van der Waals surface area contributed by atoms with Crippen LogP contribution in [0, 0.1) is 46.3 Å². The molecule has 0 aromatic rings. The normalized spacial score (nSPS) is 44.0. The van der Waals surface area contributed by atoms with Crippen LogP contribution in [-0.4, -0.2) is 17.0 Å². The third-order valence-electron chi connectivity index (χ3n) is 10.3. The van der Waals surface area contributed by atoms with Gasteiger partial charge in [-0.05, 0) is 110 Å². The molecular weight excluding hydrogens is 356 g/mol. The van der Waals surface area contributed by atoms with Crippen LogP contribution < -0.4 is 0 Å². The maximum atomic E-state index is 12.0. The van der Waals surface area contributed by atoms with E-state index in [2.05, 4.69) is 34.6 Å². The minimum atomic E-state index is -0.140. The molecule has 8 atom stereocenters. The first-order chi connectivity index (χ1) is 13.7. The van der Waals surface area contributed by atoms with Crippen LogP contribution in [0.25, 0.3) is 0 Å². The van der Waals surface area contributed by atoms with E-state index in [0.717, 1.165) is 49.9 Å². The lowest BCUT2D eigenvalue weighted by molar-refractivity contribution is -0.117. The standard InChI is InChI=1S/C27H44O2/c1-17(2)6-11-25(29)18(3)22-9-10-23-21-8-7-19-16-20(28)12-14-26(19,4)24(21)13-15-27(22,23)5/h16-18,21-25,29H,6-15H2,1-5H3/t18-,21?,22?,23?,24?,25?,26?,27+/m0/s1. The van der Waals surface area contributed by atoms with Crippen molar-refractivity contribution < 1.29 is 9.90 Å². The molecule has 0 aromatic heterocycles. The van der Waals surface area contributed by atoms with Crippen molar-refractivity contribution in [1.29, 1.82) is 0 Å². The number of carbonyl (C=O) groups is 1. The lowest BCUT2D eigenvalue weighted by atomic mass is 9.46. The molecule has 1 N–H and O–H groups in total. The monoisotopic (exact) mass is 400 g/mol. The number of rotatable bonds is 5. The molecule has 0 bridgehead atoms. The number of allylic oxidation sites excluding steroid dienone is 1. The number of aliphatic hydroxyl groups excluding tert-OH is 1. The van der Waals surface area contributed by atoms with Crippen LogP contribution in [0.3, 0.4) is 0 Å². The molecule has 0 aliphatic heterocycles. The van der Waals surface area contributed by atoms with E-state index >= 15 is 0 Å². The summed E-state index contributed by atoms with van der Waals surface area (Å²) in [4.78, 5) is 12.0. The molecule has 3 saturated carbocycles. The second kappa shape index (κ2) is 7.81. The largest absolute Gasteiger partial charge is 0.393 e. The van der Waals surface area contributed by atoms with E-state index in [4.69, 9.17) is 0 Å². The van der Waals surface area contributed by atoms with Gasteiger partial charge in [-0.1, -0.05) is 40.2 Å². The maximum absolute atomic E-state index is 12.0. The number of aliphatic hydroxyl groups is 1. The maximum Gasteiger partial charge on any atom is 0.155 e. The van der Waals surface area contributed by atoms with Crippen LogP contribution in [0.15, 0.2) is 11.6 Å². The van der Waals surface area contributed by atoms with Crippen LogP contribution in [0.1, 0.15) is 98.8 Å². The molecule has 0 spiro atoms. The van der Waals surface area contributed by atoms with Crippen LogP contribution in [-0.2, 0) is 4.79 Å². The Balaban J connectivity index is 1.52. The van der Waals surface area contributed by atoms with Crippen molar-refractivity contribution in [2.75, 3.05) is 0 Å². The lowest BCUT2D eigenvalue weighted by Crippen LogP contribution is -2.51. The molecular formula is C27H44O2. The summed E-state index contributed by atoms with van der Waals surface area (Å²) in [6.07, 6.45) is 13.6. The molecule has 6 unspecified atom stereocenters. The highest BCUT2D eigenvalue weighted by molar-refractivity contribution is 5.91. The molecule has 2 nitrogen and oxygen atoms in total. The molecule has 0 amide bonds. The Kier molecular flexibility index (Phi) is 5.82. The van der Waals surface area contributed by atoms with Gasteiger partial charge in [-0.3, -0.25) is 4.79 Å². The highest BCUT2D eigenvalue weighted by Crippen LogP contribution is 2.67. The Labute approximate surface area is 178 Å². The second-order valence-corrected chi connectivity index (χ2v) is 12.1. The topological polar surface area (TPSA) is 37.3 Å². The van der Waals surface area contributed by atoms with Crippen LogP contribution in [0.5, 0.6) is 0 Å². The fraction of sp³-hybridized carbons (Fsp3) is 0.889. The van der Waals surface area contributed by atoms with Gasteiger partial charge in [-0.25, -0.2) is 0 Å². The lowest BCUT2D eigenvalue weighted by Gasteiger charge is -2.58. The van der Waals surface area contributed by atoms with Gasteiger partial charge in [0.15, 0.2) is 5.78 Å². The van der Waals surface area contributed by atoms with Crippen molar-refractivity contribution in [3.8, 4) is 0 Å². The predicted octanol–water partition coefficient (Wildman–Crippen LogP) is 6.57. The number of ketones is 1. The molecule has 0 heterocycles. The Hall–Kier alpha value is -0.630. The van der Waals surface area contributed by atoms with Crippen LogP contribution in [0.4, 0.5) is 0 Å². The van der Waals surface area contributed by atoms with E-state index in [1.807, 2.05) is 6.08 Å². The zero-order valence-corrected chi connectivity index (χ0v) is 19.5. The first-order valence-electron chi connectivity index (χ1n) is 12.6. The van der Waals surface area contributed by atoms with E-state index in [1.165, 1.54) is 37.7 Å². The average molecular weight is 401 g/mol. The molecule has 4 aliphatic carbocycles. The molecule has 4 aliphatic rings. The van der Waals surface area contributed by atoms with Crippen LogP contribution in [0.2, 0.25) is 0 Å². The second-order valence-electron chi connectivity index (χ2n) is 12.1. The van der Waals surface area contributed by atoms with Gasteiger partial charge >= 0.3 is 0 Å². The smallest absolute Gasteiger partial charge is 0.155 e. The highest BCUT2D eigenvalue weighted by atomic mass is 16.3. The molecule has 0 radical (unpaired) electrons. The summed E-state index contributed by atoms with van der Waals surface area (Å²) in [7, 11) is 0. The zero-order chi connectivity index (χ0) is 21.0. The van der Waals surface area contributed by atoms with Crippen molar-refractivity contribution in [2.24, 2.45) is 46.3 Å².